The van der Waals surface area contributed by atoms with Gasteiger partial charge in [0.15, 0.2) is 0 Å². The van der Waals surface area contributed by atoms with E-state index in [0.717, 1.165) is 23.9 Å². The standard InChI is InChI=1S/C12H25F3N/c1-11(2,12(13,14)15)9-7-6-8-10-16(3,4)5/h6-10H2,1-5H3/q+1. The van der Waals surface area contributed by atoms with Crippen LogP contribution in [0.4, 0.5) is 13.2 Å². The van der Waals surface area contributed by atoms with Crippen molar-refractivity contribution in [1.82, 2.24) is 0 Å². The fraction of sp³-hybridized carbons (Fsp3) is 1.00. The molecule has 0 aliphatic rings. The molecule has 16 heavy (non-hydrogen) atoms. The van der Waals surface area contributed by atoms with Gasteiger partial charge in [-0.05, 0) is 19.3 Å². The first-order valence-corrected chi connectivity index (χ1v) is 5.83. The first kappa shape index (κ1) is 15.8. The Morgan fingerprint density at radius 1 is 0.875 bits per heavy atom. The van der Waals surface area contributed by atoms with Crippen molar-refractivity contribution in [2.24, 2.45) is 5.41 Å². The third kappa shape index (κ3) is 6.36. The Labute approximate surface area is 97.2 Å². The molecule has 0 saturated heterocycles. The summed E-state index contributed by atoms with van der Waals surface area (Å²) in [6.07, 6.45) is -1.31. The normalized spacial score (nSPS) is 14.2. The zero-order valence-corrected chi connectivity index (χ0v) is 11.1. The number of hydrogen-bond acceptors (Lipinski definition) is 0. The molecule has 0 unspecified atom stereocenters. The van der Waals surface area contributed by atoms with Crippen LogP contribution >= 0.6 is 0 Å². The van der Waals surface area contributed by atoms with Crippen LogP contribution in [0.2, 0.25) is 0 Å². The number of rotatable bonds is 6. The molecule has 0 bridgehead atoms. The van der Waals surface area contributed by atoms with Crippen LogP contribution in [0.25, 0.3) is 0 Å². The molecule has 0 saturated carbocycles. The van der Waals surface area contributed by atoms with Crippen molar-refractivity contribution in [1.29, 1.82) is 0 Å². The molecular weight excluding hydrogens is 215 g/mol. The van der Waals surface area contributed by atoms with Gasteiger partial charge in [-0.2, -0.15) is 13.2 Å². The van der Waals surface area contributed by atoms with E-state index in [9.17, 15) is 13.2 Å². The highest BCUT2D eigenvalue weighted by atomic mass is 19.4. The van der Waals surface area contributed by atoms with Crippen molar-refractivity contribution in [3.05, 3.63) is 0 Å². The lowest BCUT2D eigenvalue weighted by Crippen LogP contribution is -2.35. The van der Waals surface area contributed by atoms with E-state index in [1.807, 2.05) is 0 Å². The van der Waals surface area contributed by atoms with E-state index < -0.39 is 11.6 Å². The van der Waals surface area contributed by atoms with E-state index in [2.05, 4.69) is 21.1 Å². The summed E-state index contributed by atoms with van der Waals surface area (Å²) >= 11 is 0. The Balaban J connectivity index is 3.75. The summed E-state index contributed by atoms with van der Waals surface area (Å²) in [7, 11) is 6.29. The minimum Gasteiger partial charge on any atom is -0.331 e. The zero-order chi connectivity index (χ0) is 13.0. The smallest absolute Gasteiger partial charge is 0.331 e. The Hall–Kier alpha value is -0.250. The molecule has 0 aromatic carbocycles. The van der Waals surface area contributed by atoms with Crippen LogP contribution in [0.5, 0.6) is 0 Å². The molecule has 4 heteroatoms. The Kier molecular flexibility index (Phi) is 5.30. The van der Waals surface area contributed by atoms with Crippen LogP contribution in [0.1, 0.15) is 39.5 Å². The van der Waals surface area contributed by atoms with E-state index in [1.165, 1.54) is 13.8 Å². The van der Waals surface area contributed by atoms with Gasteiger partial charge in [0.25, 0.3) is 0 Å². The highest BCUT2D eigenvalue weighted by Crippen LogP contribution is 2.41. The van der Waals surface area contributed by atoms with Gasteiger partial charge < -0.3 is 4.48 Å². The van der Waals surface area contributed by atoms with Gasteiger partial charge in [0.1, 0.15) is 0 Å². The van der Waals surface area contributed by atoms with Crippen molar-refractivity contribution in [3.63, 3.8) is 0 Å². The molecule has 0 fully saturated rings. The molecule has 0 aliphatic heterocycles. The molecule has 0 aromatic heterocycles. The molecule has 0 aromatic rings. The van der Waals surface area contributed by atoms with Gasteiger partial charge >= 0.3 is 6.18 Å². The lowest BCUT2D eigenvalue weighted by molar-refractivity contribution is -0.870. The van der Waals surface area contributed by atoms with Crippen LogP contribution < -0.4 is 0 Å². The third-order valence-corrected chi connectivity index (χ3v) is 2.90. The molecule has 0 rings (SSSR count). The zero-order valence-electron chi connectivity index (χ0n) is 11.1. The second-order valence-electron chi connectivity index (χ2n) is 6.21. The largest absolute Gasteiger partial charge is 0.393 e. The number of unbranched alkanes of at least 4 members (excludes halogenated alkanes) is 2. The third-order valence-electron chi connectivity index (χ3n) is 2.90. The highest BCUT2D eigenvalue weighted by Gasteiger charge is 2.46. The van der Waals surface area contributed by atoms with E-state index in [1.54, 1.807) is 0 Å². The number of quaternary nitrogens is 1. The van der Waals surface area contributed by atoms with E-state index in [0.29, 0.717) is 6.42 Å². The quantitative estimate of drug-likeness (QED) is 0.489. The number of alkyl halides is 3. The molecule has 0 aliphatic carbocycles. The first-order valence-electron chi connectivity index (χ1n) is 5.83. The molecular formula is C12H25F3N+. The summed E-state index contributed by atoms with van der Waals surface area (Å²) < 4.78 is 38.5. The summed E-state index contributed by atoms with van der Waals surface area (Å²) in [5, 5.41) is 0. The van der Waals surface area contributed by atoms with Crippen LogP contribution in [0.3, 0.4) is 0 Å². The summed E-state index contributed by atoms with van der Waals surface area (Å²) in [5.74, 6) is 0. The monoisotopic (exact) mass is 240 g/mol. The minimum absolute atomic E-state index is 0.230. The van der Waals surface area contributed by atoms with E-state index in [4.69, 9.17) is 0 Å². The van der Waals surface area contributed by atoms with Gasteiger partial charge in [0.05, 0.1) is 33.1 Å². The maximum absolute atomic E-state index is 12.5. The SMILES string of the molecule is CC(C)(CCCCC[N+](C)(C)C)C(F)(F)F. The molecule has 0 spiro atoms. The number of nitrogens with zero attached hydrogens (tertiary/aromatic N) is 1. The fourth-order valence-corrected chi connectivity index (χ4v) is 1.47. The summed E-state index contributed by atoms with van der Waals surface area (Å²) in [6, 6.07) is 0. The van der Waals surface area contributed by atoms with Gasteiger partial charge in [0.2, 0.25) is 0 Å². The van der Waals surface area contributed by atoms with Crippen LogP contribution in [0, 0.1) is 5.41 Å². The Morgan fingerprint density at radius 3 is 1.75 bits per heavy atom. The fourth-order valence-electron chi connectivity index (χ4n) is 1.47. The second-order valence-corrected chi connectivity index (χ2v) is 6.21. The first-order chi connectivity index (χ1) is 6.96. The molecule has 0 atom stereocenters. The number of halogens is 3. The van der Waals surface area contributed by atoms with Gasteiger partial charge in [0, 0.05) is 0 Å². The Morgan fingerprint density at radius 2 is 1.38 bits per heavy atom. The van der Waals surface area contributed by atoms with Crippen LogP contribution in [0.15, 0.2) is 0 Å². The van der Waals surface area contributed by atoms with Gasteiger partial charge in [-0.1, -0.05) is 20.3 Å². The van der Waals surface area contributed by atoms with Crippen molar-refractivity contribution in [3.8, 4) is 0 Å². The van der Waals surface area contributed by atoms with E-state index >= 15 is 0 Å². The van der Waals surface area contributed by atoms with Crippen molar-refractivity contribution in [2.75, 3.05) is 27.7 Å². The molecule has 98 valence electrons. The summed E-state index contributed by atoms with van der Waals surface area (Å²) in [4.78, 5) is 0. The van der Waals surface area contributed by atoms with Gasteiger partial charge in [-0.25, -0.2) is 0 Å². The van der Waals surface area contributed by atoms with Gasteiger partial charge in [-0.15, -0.1) is 0 Å². The lowest BCUT2D eigenvalue weighted by Gasteiger charge is -2.28. The van der Waals surface area contributed by atoms with Crippen molar-refractivity contribution < 1.29 is 17.7 Å². The average molecular weight is 240 g/mol. The maximum Gasteiger partial charge on any atom is 0.393 e. The average Bonchev–Trinajstić information content (AvgIpc) is 1.98. The van der Waals surface area contributed by atoms with Crippen LogP contribution in [-0.4, -0.2) is 38.3 Å². The van der Waals surface area contributed by atoms with Crippen molar-refractivity contribution >= 4 is 0 Å². The lowest BCUT2D eigenvalue weighted by atomic mass is 9.86. The van der Waals surface area contributed by atoms with Gasteiger partial charge in [-0.3, -0.25) is 0 Å². The maximum atomic E-state index is 12.5. The molecule has 0 heterocycles. The topological polar surface area (TPSA) is 0 Å². The predicted octanol–water partition coefficient (Wildman–Crippen LogP) is 3.84. The second kappa shape index (κ2) is 5.39. The van der Waals surface area contributed by atoms with Crippen molar-refractivity contribution in [2.45, 2.75) is 45.7 Å². The predicted molar refractivity (Wildman–Crippen MR) is 61.2 cm³/mol. The van der Waals surface area contributed by atoms with Crippen LogP contribution in [-0.2, 0) is 0 Å². The molecule has 0 N–H and O–H groups in total. The molecule has 1 nitrogen and oxygen atoms in total. The summed E-state index contributed by atoms with van der Waals surface area (Å²) in [5.41, 5.74) is -1.54. The summed E-state index contributed by atoms with van der Waals surface area (Å²) in [6.45, 7) is 3.59. The minimum atomic E-state index is -4.08. The molecule has 0 radical (unpaired) electrons. The van der Waals surface area contributed by atoms with E-state index in [-0.39, 0.29) is 6.42 Å². The highest BCUT2D eigenvalue weighted by molar-refractivity contribution is 4.76. The number of hydrogen-bond donors (Lipinski definition) is 0. The molecule has 0 amide bonds. The Bertz CT molecular complexity index is 201.